The number of hydrogen-bond acceptors (Lipinski definition) is 4. The maximum atomic E-state index is 12.3. The highest BCUT2D eigenvalue weighted by Crippen LogP contribution is 2.30. The van der Waals surface area contributed by atoms with Crippen molar-refractivity contribution in [1.29, 1.82) is 0 Å². The highest BCUT2D eigenvalue weighted by atomic mass is 32.2. The van der Waals surface area contributed by atoms with Gasteiger partial charge in [0, 0.05) is 13.1 Å². The number of rotatable bonds is 1. The SMILES string of the molecule is CC(C)(C)S(=O)(=O)N1CCC2(C1)NC(=O)NC2=O. The number of imide groups is 1. The van der Waals surface area contributed by atoms with Crippen molar-refractivity contribution in [3.63, 3.8) is 0 Å². The Balaban J connectivity index is 2.25. The lowest BCUT2D eigenvalue weighted by Crippen LogP contribution is -2.51. The van der Waals surface area contributed by atoms with Gasteiger partial charge in [-0.15, -0.1) is 0 Å². The molecule has 0 aromatic heterocycles. The molecular weight excluding hydrogens is 258 g/mol. The van der Waals surface area contributed by atoms with E-state index in [0.717, 1.165) is 0 Å². The highest BCUT2D eigenvalue weighted by Gasteiger charge is 2.54. The molecule has 1 spiro atoms. The molecule has 0 bridgehead atoms. The summed E-state index contributed by atoms with van der Waals surface area (Å²) < 4.78 is 24.9. The van der Waals surface area contributed by atoms with E-state index in [0.29, 0.717) is 6.42 Å². The fourth-order valence-electron chi connectivity index (χ4n) is 2.18. The number of nitrogens with zero attached hydrogens (tertiary/aromatic N) is 1. The molecule has 2 fully saturated rings. The summed E-state index contributed by atoms with van der Waals surface area (Å²) in [5.74, 6) is -0.445. The lowest BCUT2D eigenvalue weighted by atomic mass is 10.00. The number of carbonyl (C=O) groups is 2. The van der Waals surface area contributed by atoms with Crippen molar-refractivity contribution in [3.05, 3.63) is 0 Å². The van der Waals surface area contributed by atoms with E-state index in [-0.39, 0.29) is 13.1 Å². The number of nitrogens with one attached hydrogen (secondary N) is 2. The van der Waals surface area contributed by atoms with Gasteiger partial charge in [-0.2, -0.15) is 4.31 Å². The summed E-state index contributed by atoms with van der Waals surface area (Å²) >= 11 is 0. The molecular formula is C10H17N3O4S. The van der Waals surface area contributed by atoms with Crippen LogP contribution in [0, 0.1) is 0 Å². The molecule has 0 saturated carbocycles. The van der Waals surface area contributed by atoms with Gasteiger partial charge in [-0.25, -0.2) is 13.2 Å². The standard InChI is InChI=1S/C10H17N3O4S/c1-9(2,3)18(16,17)13-5-4-10(6-13)7(14)11-8(15)12-10/h4-6H2,1-3H3,(H2,11,12,14,15). The molecule has 2 N–H and O–H groups in total. The molecule has 3 amide bonds. The van der Waals surface area contributed by atoms with Crippen molar-refractivity contribution in [2.75, 3.05) is 13.1 Å². The molecule has 1 unspecified atom stereocenters. The van der Waals surface area contributed by atoms with Gasteiger partial charge in [0.25, 0.3) is 5.91 Å². The summed E-state index contributed by atoms with van der Waals surface area (Å²) in [6, 6.07) is -0.560. The Kier molecular flexibility index (Phi) is 2.71. The van der Waals surface area contributed by atoms with E-state index in [1.54, 1.807) is 20.8 Å². The normalized spacial score (nSPS) is 29.7. The first-order valence-corrected chi connectivity index (χ1v) is 7.16. The molecule has 18 heavy (non-hydrogen) atoms. The van der Waals surface area contributed by atoms with Gasteiger partial charge in [0.1, 0.15) is 5.54 Å². The van der Waals surface area contributed by atoms with E-state index in [1.165, 1.54) is 4.31 Å². The van der Waals surface area contributed by atoms with Gasteiger partial charge in [0.05, 0.1) is 4.75 Å². The third-order valence-corrected chi connectivity index (χ3v) is 5.90. The zero-order valence-corrected chi connectivity index (χ0v) is 11.4. The van der Waals surface area contributed by atoms with Crippen molar-refractivity contribution in [2.45, 2.75) is 37.5 Å². The number of hydrogen-bond donors (Lipinski definition) is 2. The molecule has 7 nitrogen and oxygen atoms in total. The van der Waals surface area contributed by atoms with E-state index >= 15 is 0 Å². The van der Waals surface area contributed by atoms with Crippen LogP contribution in [0.3, 0.4) is 0 Å². The van der Waals surface area contributed by atoms with Gasteiger partial charge in [0.2, 0.25) is 10.0 Å². The molecule has 102 valence electrons. The number of amides is 3. The van der Waals surface area contributed by atoms with Crippen LogP contribution < -0.4 is 10.6 Å². The summed E-state index contributed by atoms with van der Waals surface area (Å²) in [7, 11) is -3.48. The van der Waals surface area contributed by atoms with Gasteiger partial charge in [-0.1, -0.05) is 0 Å². The predicted molar refractivity (Wildman–Crippen MR) is 64.3 cm³/mol. The van der Waals surface area contributed by atoms with Crippen molar-refractivity contribution >= 4 is 22.0 Å². The molecule has 0 aromatic carbocycles. The van der Waals surface area contributed by atoms with E-state index < -0.39 is 32.2 Å². The fraction of sp³-hybridized carbons (Fsp3) is 0.800. The summed E-state index contributed by atoms with van der Waals surface area (Å²) in [6.07, 6.45) is 0.305. The number of carbonyl (C=O) groups excluding carboxylic acids is 2. The summed E-state index contributed by atoms with van der Waals surface area (Å²) in [4.78, 5) is 22.9. The van der Waals surface area contributed by atoms with E-state index in [1.807, 2.05) is 0 Å². The number of sulfonamides is 1. The van der Waals surface area contributed by atoms with E-state index in [9.17, 15) is 18.0 Å². The van der Waals surface area contributed by atoms with Crippen molar-refractivity contribution in [1.82, 2.24) is 14.9 Å². The van der Waals surface area contributed by atoms with Crippen LogP contribution in [0.5, 0.6) is 0 Å². The van der Waals surface area contributed by atoms with Crippen LogP contribution in [0.1, 0.15) is 27.2 Å². The zero-order valence-electron chi connectivity index (χ0n) is 10.6. The minimum absolute atomic E-state index is 0.00414. The first-order chi connectivity index (χ1) is 8.08. The average Bonchev–Trinajstić information content (AvgIpc) is 2.71. The van der Waals surface area contributed by atoms with Crippen LogP contribution in [-0.4, -0.2) is 48.0 Å². The van der Waals surface area contributed by atoms with Crippen LogP contribution in [0.25, 0.3) is 0 Å². The molecule has 2 rings (SSSR count). The van der Waals surface area contributed by atoms with Crippen LogP contribution in [0.2, 0.25) is 0 Å². The summed E-state index contributed by atoms with van der Waals surface area (Å²) in [6.45, 7) is 5.08. The topological polar surface area (TPSA) is 95.6 Å². The van der Waals surface area contributed by atoms with Gasteiger partial charge in [-0.05, 0) is 27.2 Å². The molecule has 1 atom stereocenters. The van der Waals surface area contributed by atoms with Crippen LogP contribution in [-0.2, 0) is 14.8 Å². The third kappa shape index (κ3) is 1.79. The van der Waals surface area contributed by atoms with Gasteiger partial charge >= 0.3 is 6.03 Å². The molecule has 2 heterocycles. The van der Waals surface area contributed by atoms with E-state index in [2.05, 4.69) is 10.6 Å². The molecule has 0 radical (unpaired) electrons. The lowest BCUT2D eigenvalue weighted by molar-refractivity contribution is -0.123. The van der Waals surface area contributed by atoms with Crippen molar-refractivity contribution in [3.8, 4) is 0 Å². The molecule has 0 aliphatic carbocycles. The van der Waals surface area contributed by atoms with Crippen LogP contribution in [0.15, 0.2) is 0 Å². The monoisotopic (exact) mass is 275 g/mol. The smallest absolute Gasteiger partial charge is 0.322 e. The predicted octanol–water partition coefficient (Wildman–Crippen LogP) is -0.601. The summed E-state index contributed by atoms with van der Waals surface area (Å²) in [5.41, 5.74) is -1.09. The fourth-order valence-corrected chi connectivity index (χ4v) is 3.68. The van der Waals surface area contributed by atoms with Crippen LogP contribution in [0.4, 0.5) is 4.79 Å². The molecule has 8 heteroatoms. The van der Waals surface area contributed by atoms with Gasteiger partial charge in [0.15, 0.2) is 0 Å². The maximum Gasteiger partial charge on any atom is 0.322 e. The molecule has 0 aromatic rings. The van der Waals surface area contributed by atoms with Crippen molar-refractivity contribution < 1.29 is 18.0 Å². The maximum absolute atomic E-state index is 12.3. The first-order valence-electron chi connectivity index (χ1n) is 5.72. The van der Waals surface area contributed by atoms with Gasteiger partial charge < -0.3 is 5.32 Å². The highest BCUT2D eigenvalue weighted by molar-refractivity contribution is 7.90. The Morgan fingerprint density at radius 2 is 1.89 bits per heavy atom. The minimum Gasteiger partial charge on any atom is -0.322 e. The Labute approximate surface area is 106 Å². The molecule has 2 saturated heterocycles. The van der Waals surface area contributed by atoms with E-state index in [4.69, 9.17) is 0 Å². The summed E-state index contributed by atoms with van der Waals surface area (Å²) in [5, 5.41) is 4.68. The minimum atomic E-state index is -3.48. The van der Waals surface area contributed by atoms with Crippen LogP contribution >= 0.6 is 0 Å². The average molecular weight is 275 g/mol. The second-order valence-electron chi connectivity index (χ2n) is 5.69. The Morgan fingerprint density at radius 1 is 1.28 bits per heavy atom. The number of urea groups is 1. The van der Waals surface area contributed by atoms with Crippen molar-refractivity contribution in [2.24, 2.45) is 0 Å². The second kappa shape index (κ2) is 3.67. The molecule has 2 aliphatic heterocycles. The lowest BCUT2D eigenvalue weighted by Gasteiger charge is -2.27. The molecule has 2 aliphatic rings. The second-order valence-corrected chi connectivity index (χ2v) is 8.38. The Hall–Kier alpha value is -1.15. The Morgan fingerprint density at radius 3 is 2.33 bits per heavy atom. The zero-order chi connectivity index (χ0) is 13.8. The largest absolute Gasteiger partial charge is 0.322 e. The third-order valence-electron chi connectivity index (χ3n) is 3.36. The Bertz CT molecular complexity index is 508. The van der Waals surface area contributed by atoms with Gasteiger partial charge in [-0.3, -0.25) is 10.1 Å². The first kappa shape index (κ1) is 13.3. The quantitative estimate of drug-likeness (QED) is 0.625.